The molecule has 2 aromatic rings. The molecule has 9 heteroatoms. The summed E-state index contributed by atoms with van der Waals surface area (Å²) in [5.41, 5.74) is 2.51. The van der Waals surface area contributed by atoms with Crippen LogP contribution >= 0.6 is 11.6 Å². The number of halogens is 1. The minimum absolute atomic E-state index is 0.00478. The number of hydrogen-bond acceptors (Lipinski definition) is 4. The van der Waals surface area contributed by atoms with Gasteiger partial charge in [0.2, 0.25) is 21.8 Å². The summed E-state index contributed by atoms with van der Waals surface area (Å²) in [6.45, 7) is 8.26. The molecule has 2 rings (SSSR count). The third-order valence-electron chi connectivity index (χ3n) is 6.09. The zero-order chi connectivity index (χ0) is 26.9. The van der Waals surface area contributed by atoms with Crippen molar-refractivity contribution >= 4 is 39.1 Å². The Hall–Kier alpha value is -2.58. The van der Waals surface area contributed by atoms with Gasteiger partial charge in [-0.05, 0) is 62.9 Å². The highest BCUT2D eigenvalue weighted by molar-refractivity contribution is 7.92. The van der Waals surface area contributed by atoms with Gasteiger partial charge in [-0.1, -0.05) is 55.3 Å². The number of aryl methyl sites for hydroxylation is 1. The minimum Gasteiger partial charge on any atom is -0.352 e. The van der Waals surface area contributed by atoms with Crippen molar-refractivity contribution in [3.05, 3.63) is 64.7 Å². The monoisotopic (exact) mass is 535 g/mol. The largest absolute Gasteiger partial charge is 0.352 e. The van der Waals surface area contributed by atoms with E-state index in [0.29, 0.717) is 30.1 Å². The smallest absolute Gasteiger partial charge is 0.243 e. The summed E-state index contributed by atoms with van der Waals surface area (Å²) in [6.07, 6.45) is 2.82. The number of nitrogens with one attached hydrogen (secondary N) is 1. The van der Waals surface area contributed by atoms with Crippen LogP contribution in [0.15, 0.2) is 48.5 Å². The van der Waals surface area contributed by atoms with Crippen LogP contribution in [0.1, 0.15) is 57.6 Å². The lowest BCUT2D eigenvalue weighted by Crippen LogP contribution is -2.50. The van der Waals surface area contributed by atoms with Gasteiger partial charge in [-0.3, -0.25) is 13.9 Å². The second-order valence-electron chi connectivity index (χ2n) is 9.17. The highest BCUT2D eigenvalue weighted by atomic mass is 35.5. The second kappa shape index (κ2) is 13.7. The van der Waals surface area contributed by atoms with Crippen molar-refractivity contribution in [1.29, 1.82) is 0 Å². The van der Waals surface area contributed by atoms with Gasteiger partial charge in [0.05, 0.1) is 11.9 Å². The van der Waals surface area contributed by atoms with E-state index in [9.17, 15) is 18.0 Å². The van der Waals surface area contributed by atoms with Crippen LogP contribution in [0.2, 0.25) is 5.02 Å². The molecule has 2 amide bonds. The molecule has 0 aromatic heterocycles. The third kappa shape index (κ3) is 8.82. The van der Waals surface area contributed by atoms with Crippen LogP contribution in [0.5, 0.6) is 0 Å². The number of rotatable bonds is 13. The Morgan fingerprint density at radius 3 is 2.28 bits per heavy atom. The van der Waals surface area contributed by atoms with E-state index in [1.807, 2.05) is 52.0 Å². The van der Waals surface area contributed by atoms with Gasteiger partial charge in [0.1, 0.15) is 6.04 Å². The van der Waals surface area contributed by atoms with E-state index in [0.717, 1.165) is 23.8 Å². The molecule has 0 unspecified atom stereocenters. The van der Waals surface area contributed by atoms with Crippen LogP contribution in [0.25, 0.3) is 0 Å². The Morgan fingerprint density at radius 2 is 1.72 bits per heavy atom. The number of benzene rings is 2. The van der Waals surface area contributed by atoms with E-state index in [1.165, 1.54) is 4.31 Å². The SMILES string of the molecule is CC[C@H](C)NC(=O)[C@H](CC)N(Cc1cccc(C)c1)C(=O)CCCN(c1ccc(Cl)cc1)S(C)(=O)=O. The molecule has 0 fully saturated rings. The third-order valence-corrected chi connectivity index (χ3v) is 7.54. The van der Waals surface area contributed by atoms with Crippen molar-refractivity contribution in [2.75, 3.05) is 17.1 Å². The van der Waals surface area contributed by atoms with E-state index in [-0.39, 0.29) is 30.8 Å². The fourth-order valence-corrected chi connectivity index (χ4v) is 5.07. The first-order valence-electron chi connectivity index (χ1n) is 12.3. The Morgan fingerprint density at radius 1 is 1.06 bits per heavy atom. The lowest BCUT2D eigenvalue weighted by Gasteiger charge is -2.32. The predicted octanol–water partition coefficient (Wildman–Crippen LogP) is 4.92. The predicted molar refractivity (Wildman–Crippen MR) is 147 cm³/mol. The fourth-order valence-electron chi connectivity index (χ4n) is 3.98. The van der Waals surface area contributed by atoms with E-state index in [4.69, 9.17) is 11.6 Å². The molecule has 0 aliphatic carbocycles. The van der Waals surface area contributed by atoms with Gasteiger partial charge in [0.25, 0.3) is 0 Å². The quantitative estimate of drug-likeness (QED) is 0.394. The first-order valence-corrected chi connectivity index (χ1v) is 14.6. The van der Waals surface area contributed by atoms with Crippen molar-refractivity contribution in [2.24, 2.45) is 0 Å². The molecule has 0 saturated carbocycles. The molecule has 198 valence electrons. The van der Waals surface area contributed by atoms with Crippen molar-refractivity contribution in [1.82, 2.24) is 10.2 Å². The lowest BCUT2D eigenvalue weighted by atomic mass is 10.1. The Balaban J connectivity index is 2.22. The molecule has 1 N–H and O–H groups in total. The van der Waals surface area contributed by atoms with E-state index in [2.05, 4.69) is 5.32 Å². The average Bonchev–Trinajstić information content (AvgIpc) is 2.81. The van der Waals surface area contributed by atoms with Crippen molar-refractivity contribution < 1.29 is 18.0 Å². The standard InChI is InChI=1S/C27H38ClN3O4S/c1-6-21(4)29-27(33)25(7-2)30(19-22-11-8-10-20(3)18-22)26(32)12-9-17-31(36(5,34)35)24-15-13-23(28)14-16-24/h8,10-11,13-16,18,21,25H,6-7,9,12,17,19H2,1-5H3,(H,29,33)/t21-,25-/m0/s1. The van der Waals surface area contributed by atoms with Crippen LogP contribution in [-0.2, 0) is 26.2 Å². The maximum absolute atomic E-state index is 13.5. The van der Waals surface area contributed by atoms with Crippen LogP contribution in [0, 0.1) is 6.92 Å². The van der Waals surface area contributed by atoms with Gasteiger partial charge in [-0.25, -0.2) is 8.42 Å². The molecule has 0 spiro atoms. The molecule has 7 nitrogen and oxygen atoms in total. The van der Waals surface area contributed by atoms with Gasteiger partial charge in [0, 0.05) is 30.6 Å². The number of carbonyl (C=O) groups is 2. The number of nitrogens with zero attached hydrogens (tertiary/aromatic N) is 2. The molecule has 0 aliphatic heterocycles. The van der Waals surface area contributed by atoms with Gasteiger partial charge in [0.15, 0.2) is 0 Å². The van der Waals surface area contributed by atoms with Crippen LogP contribution in [-0.4, -0.2) is 50.0 Å². The normalized spacial score (nSPS) is 13.1. The van der Waals surface area contributed by atoms with Crippen LogP contribution in [0.3, 0.4) is 0 Å². The summed E-state index contributed by atoms with van der Waals surface area (Å²) < 4.78 is 26.1. The number of amides is 2. The molecule has 36 heavy (non-hydrogen) atoms. The Kier molecular flexibility index (Phi) is 11.2. The molecule has 0 radical (unpaired) electrons. The molecule has 2 atom stereocenters. The molecule has 0 bridgehead atoms. The van der Waals surface area contributed by atoms with Gasteiger partial charge in [-0.15, -0.1) is 0 Å². The first kappa shape index (κ1) is 29.6. The lowest BCUT2D eigenvalue weighted by molar-refractivity contribution is -0.141. The summed E-state index contributed by atoms with van der Waals surface area (Å²) in [5, 5.41) is 3.51. The molecule has 2 aromatic carbocycles. The zero-order valence-corrected chi connectivity index (χ0v) is 23.4. The number of anilines is 1. The molecule has 0 heterocycles. The second-order valence-corrected chi connectivity index (χ2v) is 11.5. The molecular weight excluding hydrogens is 498 g/mol. The van der Waals surface area contributed by atoms with Crippen molar-refractivity contribution in [3.63, 3.8) is 0 Å². The fraction of sp³-hybridized carbons (Fsp3) is 0.481. The summed E-state index contributed by atoms with van der Waals surface area (Å²) in [6, 6.07) is 13.8. The average molecular weight is 536 g/mol. The molecule has 0 aliphatic rings. The van der Waals surface area contributed by atoms with E-state index >= 15 is 0 Å². The topological polar surface area (TPSA) is 86.8 Å². The minimum atomic E-state index is -3.55. The molecular formula is C27H38ClN3O4S. The highest BCUT2D eigenvalue weighted by Crippen LogP contribution is 2.22. The van der Waals surface area contributed by atoms with E-state index in [1.54, 1.807) is 29.2 Å². The summed E-state index contributed by atoms with van der Waals surface area (Å²) in [7, 11) is -3.55. The maximum Gasteiger partial charge on any atom is 0.243 e. The summed E-state index contributed by atoms with van der Waals surface area (Å²) >= 11 is 5.95. The highest BCUT2D eigenvalue weighted by Gasteiger charge is 2.29. The van der Waals surface area contributed by atoms with Crippen LogP contribution in [0.4, 0.5) is 5.69 Å². The number of sulfonamides is 1. The van der Waals surface area contributed by atoms with Gasteiger partial charge < -0.3 is 10.2 Å². The van der Waals surface area contributed by atoms with Crippen molar-refractivity contribution in [3.8, 4) is 0 Å². The number of carbonyl (C=O) groups excluding carboxylic acids is 2. The maximum atomic E-state index is 13.5. The Labute approximate surface area is 220 Å². The molecule has 0 saturated heterocycles. The summed E-state index contributed by atoms with van der Waals surface area (Å²) in [5.74, 6) is -0.362. The van der Waals surface area contributed by atoms with Gasteiger partial charge >= 0.3 is 0 Å². The zero-order valence-electron chi connectivity index (χ0n) is 21.8. The number of hydrogen-bond donors (Lipinski definition) is 1. The summed E-state index contributed by atoms with van der Waals surface area (Å²) in [4.78, 5) is 28.2. The first-order chi connectivity index (χ1) is 17.0. The van der Waals surface area contributed by atoms with E-state index < -0.39 is 16.1 Å². The van der Waals surface area contributed by atoms with Crippen molar-refractivity contribution in [2.45, 2.75) is 72.0 Å². The van der Waals surface area contributed by atoms with Crippen LogP contribution < -0.4 is 9.62 Å². The Bertz CT molecular complexity index is 1120. The van der Waals surface area contributed by atoms with Gasteiger partial charge in [-0.2, -0.15) is 0 Å².